The van der Waals surface area contributed by atoms with E-state index < -0.39 is 42.6 Å². The number of phenolic OH excluding ortho intramolecular Hbond substituents is 1. The SMILES string of the molecule is COC1CC(OC2C(O)OC(C)C(C(=O)c3nccc4c3[nH]c3ccc(O)cc34)C2O)OCC1NC(C)C. The number of hydrogen-bond acceptors (Lipinski definition) is 10. The van der Waals surface area contributed by atoms with Gasteiger partial charge in [-0.1, -0.05) is 13.8 Å². The Balaban J connectivity index is 1.38. The second-order valence-corrected chi connectivity index (χ2v) is 10.4. The summed E-state index contributed by atoms with van der Waals surface area (Å²) in [5, 5.41) is 36.7. The summed E-state index contributed by atoms with van der Waals surface area (Å²) >= 11 is 0. The third-order valence-electron chi connectivity index (χ3n) is 7.38. The second-order valence-electron chi connectivity index (χ2n) is 10.4. The molecule has 2 aromatic heterocycles. The number of fused-ring (bicyclic) bond motifs is 3. The van der Waals surface area contributed by atoms with Crippen LogP contribution in [0.25, 0.3) is 21.8 Å². The van der Waals surface area contributed by atoms with E-state index in [9.17, 15) is 20.1 Å². The summed E-state index contributed by atoms with van der Waals surface area (Å²) in [6, 6.07) is 6.85. The summed E-state index contributed by atoms with van der Waals surface area (Å²) in [4.78, 5) is 21.3. The lowest BCUT2D eigenvalue weighted by Gasteiger charge is -2.43. The largest absolute Gasteiger partial charge is 0.508 e. The molecule has 2 saturated heterocycles. The molecular formula is C27H35N3O8. The van der Waals surface area contributed by atoms with Crippen LogP contribution in [-0.2, 0) is 18.9 Å². The summed E-state index contributed by atoms with van der Waals surface area (Å²) in [6.07, 6.45) is -3.97. The van der Waals surface area contributed by atoms with Crippen LogP contribution in [0.5, 0.6) is 5.75 Å². The van der Waals surface area contributed by atoms with E-state index in [4.69, 9.17) is 18.9 Å². The van der Waals surface area contributed by atoms with Crippen molar-refractivity contribution in [3.05, 3.63) is 36.2 Å². The first-order chi connectivity index (χ1) is 18.2. The first kappa shape index (κ1) is 26.9. The van der Waals surface area contributed by atoms with Gasteiger partial charge >= 0.3 is 0 Å². The smallest absolute Gasteiger partial charge is 0.191 e. The van der Waals surface area contributed by atoms with Crippen molar-refractivity contribution in [2.24, 2.45) is 5.92 Å². The number of ether oxygens (including phenoxy) is 4. The van der Waals surface area contributed by atoms with Gasteiger partial charge in [-0.15, -0.1) is 0 Å². The van der Waals surface area contributed by atoms with Crippen LogP contribution in [0.15, 0.2) is 30.5 Å². The molecule has 8 atom stereocenters. The fourth-order valence-electron chi connectivity index (χ4n) is 5.56. The van der Waals surface area contributed by atoms with E-state index in [1.165, 1.54) is 6.20 Å². The fraction of sp³-hybridized carbons (Fsp3) is 0.556. The van der Waals surface area contributed by atoms with Crippen molar-refractivity contribution >= 4 is 27.6 Å². The number of aromatic hydroxyl groups is 1. The topological polar surface area (TPSA) is 155 Å². The molecule has 0 radical (unpaired) electrons. The minimum absolute atomic E-state index is 0.0311. The van der Waals surface area contributed by atoms with Crippen LogP contribution in [0.2, 0.25) is 0 Å². The lowest BCUT2D eigenvalue weighted by molar-refractivity contribution is -0.314. The van der Waals surface area contributed by atoms with E-state index >= 15 is 0 Å². The van der Waals surface area contributed by atoms with Crippen molar-refractivity contribution in [3.8, 4) is 5.75 Å². The number of H-pyrrole nitrogens is 1. The van der Waals surface area contributed by atoms with Crippen molar-refractivity contribution < 1.29 is 39.1 Å². The van der Waals surface area contributed by atoms with Crippen LogP contribution >= 0.6 is 0 Å². The van der Waals surface area contributed by atoms with Gasteiger partial charge in [-0.3, -0.25) is 9.78 Å². The third kappa shape index (κ3) is 5.03. The number of aliphatic hydroxyl groups excluding tert-OH is 2. The summed E-state index contributed by atoms with van der Waals surface area (Å²) in [7, 11) is 1.62. The number of ketones is 1. The number of hydrogen-bond donors (Lipinski definition) is 5. The lowest BCUT2D eigenvalue weighted by atomic mass is 9.84. The highest BCUT2D eigenvalue weighted by Gasteiger charge is 2.49. The van der Waals surface area contributed by atoms with Crippen molar-refractivity contribution in [2.45, 2.75) is 76.3 Å². The molecule has 1 aromatic carbocycles. The predicted octanol–water partition coefficient (Wildman–Crippen LogP) is 1.83. The van der Waals surface area contributed by atoms with E-state index in [-0.39, 0.29) is 29.6 Å². The number of pyridine rings is 1. The number of benzene rings is 1. The summed E-state index contributed by atoms with van der Waals surface area (Å²) in [6.45, 7) is 6.01. The molecule has 3 aromatic rings. The first-order valence-corrected chi connectivity index (χ1v) is 12.9. The molecule has 0 bridgehead atoms. The number of phenols is 1. The molecule has 2 aliphatic heterocycles. The monoisotopic (exact) mass is 529 g/mol. The molecule has 5 rings (SSSR count). The van der Waals surface area contributed by atoms with Gasteiger partial charge in [0, 0.05) is 42.1 Å². The van der Waals surface area contributed by atoms with Crippen molar-refractivity contribution in [1.82, 2.24) is 15.3 Å². The molecule has 2 fully saturated rings. The van der Waals surface area contributed by atoms with Gasteiger partial charge in [-0.25, -0.2) is 0 Å². The molecule has 0 aliphatic carbocycles. The maximum Gasteiger partial charge on any atom is 0.191 e. The van der Waals surface area contributed by atoms with E-state index in [0.717, 1.165) is 10.9 Å². The number of nitrogens with zero attached hydrogens (tertiary/aromatic N) is 1. The quantitative estimate of drug-likeness (QED) is 0.286. The molecule has 206 valence electrons. The zero-order valence-corrected chi connectivity index (χ0v) is 21.8. The number of carbonyl (C=O) groups excluding carboxylic acids is 1. The maximum atomic E-state index is 13.8. The standard InChI is InChI=1S/C27H35N3O8/c1-12(2)29-18-11-36-20(10-19(18)35-4)38-26-25(33)21(13(3)37-27(26)34)24(32)23-22-15(7-8-28-23)16-9-14(31)5-6-17(16)30-22/h5-9,12-13,18-21,25-27,29-31,33-34H,10-11H2,1-4H3. The molecular weight excluding hydrogens is 494 g/mol. The number of aliphatic hydroxyl groups is 2. The first-order valence-electron chi connectivity index (χ1n) is 12.9. The van der Waals surface area contributed by atoms with Crippen molar-refractivity contribution in [2.75, 3.05) is 13.7 Å². The van der Waals surface area contributed by atoms with Crippen LogP contribution in [0.1, 0.15) is 37.7 Å². The molecule has 11 heteroatoms. The van der Waals surface area contributed by atoms with E-state index in [1.54, 1.807) is 38.3 Å². The van der Waals surface area contributed by atoms with Crippen molar-refractivity contribution in [1.29, 1.82) is 0 Å². The second kappa shape index (κ2) is 10.9. The highest BCUT2D eigenvalue weighted by atomic mass is 16.7. The number of rotatable bonds is 7. The number of aromatic amines is 1. The van der Waals surface area contributed by atoms with Crippen LogP contribution in [0.4, 0.5) is 0 Å². The lowest BCUT2D eigenvalue weighted by Crippen LogP contribution is -2.59. The Hall–Kier alpha value is -2.64. The van der Waals surface area contributed by atoms with Gasteiger partial charge in [0.1, 0.15) is 17.5 Å². The number of nitrogens with one attached hydrogen (secondary N) is 2. The zero-order valence-electron chi connectivity index (χ0n) is 21.8. The highest BCUT2D eigenvalue weighted by molar-refractivity contribution is 6.15. The number of carbonyl (C=O) groups is 1. The average molecular weight is 530 g/mol. The summed E-state index contributed by atoms with van der Waals surface area (Å²) in [5.41, 5.74) is 1.35. The molecule has 2 aliphatic rings. The molecule has 0 saturated carbocycles. The molecule has 5 N–H and O–H groups in total. The number of methoxy groups -OCH3 is 1. The van der Waals surface area contributed by atoms with Gasteiger partial charge in [0.2, 0.25) is 0 Å². The third-order valence-corrected chi connectivity index (χ3v) is 7.38. The van der Waals surface area contributed by atoms with Crippen LogP contribution in [0.3, 0.4) is 0 Å². The minimum Gasteiger partial charge on any atom is -0.508 e. The summed E-state index contributed by atoms with van der Waals surface area (Å²) in [5.74, 6) is -1.40. The van der Waals surface area contributed by atoms with Gasteiger partial charge in [0.15, 0.2) is 18.4 Å². The van der Waals surface area contributed by atoms with Gasteiger partial charge in [0.05, 0.1) is 42.4 Å². The van der Waals surface area contributed by atoms with Crippen LogP contribution in [0, 0.1) is 5.92 Å². The fourth-order valence-corrected chi connectivity index (χ4v) is 5.56. The Labute approximate surface area is 220 Å². The number of aromatic nitrogens is 2. The van der Waals surface area contributed by atoms with E-state index in [0.29, 0.717) is 23.9 Å². The number of Topliss-reactive ketones (excluding diaryl/α,β-unsaturated/α-hetero) is 1. The van der Waals surface area contributed by atoms with Crippen molar-refractivity contribution in [3.63, 3.8) is 0 Å². The van der Waals surface area contributed by atoms with Gasteiger partial charge in [0.25, 0.3) is 0 Å². The van der Waals surface area contributed by atoms with Gasteiger partial charge < -0.3 is 44.6 Å². The molecule has 11 nitrogen and oxygen atoms in total. The molecule has 38 heavy (non-hydrogen) atoms. The predicted molar refractivity (Wildman–Crippen MR) is 138 cm³/mol. The molecule has 8 unspecified atom stereocenters. The molecule has 4 heterocycles. The molecule has 0 spiro atoms. The van der Waals surface area contributed by atoms with Gasteiger partial charge in [-0.05, 0) is 31.2 Å². The highest BCUT2D eigenvalue weighted by Crippen LogP contribution is 2.35. The zero-order chi connectivity index (χ0) is 27.1. The normalized spacial score (nSPS) is 32.3. The van der Waals surface area contributed by atoms with Crippen LogP contribution < -0.4 is 5.32 Å². The Morgan fingerprint density at radius 2 is 2.03 bits per heavy atom. The Morgan fingerprint density at radius 1 is 1.24 bits per heavy atom. The van der Waals surface area contributed by atoms with Crippen LogP contribution in [-0.4, -0.2) is 93.9 Å². The van der Waals surface area contributed by atoms with E-state index in [2.05, 4.69) is 15.3 Å². The Kier molecular flexibility index (Phi) is 7.70. The maximum absolute atomic E-state index is 13.8. The Morgan fingerprint density at radius 3 is 2.76 bits per heavy atom. The average Bonchev–Trinajstić information content (AvgIpc) is 3.24. The van der Waals surface area contributed by atoms with E-state index in [1.807, 2.05) is 13.8 Å². The minimum atomic E-state index is -1.46. The van der Waals surface area contributed by atoms with Gasteiger partial charge in [-0.2, -0.15) is 0 Å². The summed E-state index contributed by atoms with van der Waals surface area (Å²) < 4.78 is 23.1. The Bertz CT molecular complexity index is 1300. The molecule has 0 amide bonds.